The number of hydrogen-bond donors (Lipinski definition) is 2. The zero-order chi connectivity index (χ0) is 17.0. The molecule has 0 bridgehead atoms. The van der Waals surface area contributed by atoms with E-state index in [-0.39, 0.29) is 12.0 Å². The van der Waals surface area contributed by atoms with Gasteiger partial charge >= 0.3 is 6.09 Å². The third-order valence-electron chi connectivity index (χ3n) is 2.78. The van der Waals surface area contributed by atoms with E-state index >= 15 is 0 Å². The molecule has 5 nitrogen and oxygen atoms in total. The molecule has 0 aromatic heterocycles. The van der Waals surface area contributed by atoms with E-state index < -0.39 is 29.7 Å². The first kappa shape index (κ1) is 18.8. The van der Waals surface area contributed by atoms with Gasteiger partial charge in [-0.3, -0.25) is 0 Å². The molecule has 1 aromatic carbocycles. The lowest BCUT2D eigenvalue weighted by Crippen LogP contribution is -2.55. The Labute approximate surface area is 142 Å². The second-order valence-electron chi connectivity index (χ2n) is 5.97. The third kappa shape index (κ3) is 5.53. The Balaban J connectivity index is 2.96. The fourth-order valence-corrected chi connectivity index (χ4v) is 2.21. The predicted molar refractivity (Wildman–Crippen MR) is 88.1 cm³/mol. The second kappa shape index (κ2) is 7.36. The lowest BCUT2D eigenvalue weighted by molar-refractivity contribution is -0.115. The van der Waals surface area contributed by atoms with Crippen molar-refractivity contribution in [2.75, 3.05) is 6.61 Å². The van der Waals surface area contributed by atoms with E-state index in [2.05, 4.69) is 5.32 Å². The number of aliphatic hydroxyl groups is 1. The molecule has 0 aliphatic rings. The zero-order valence-corrected chi connectivity index (χ0v) is 14.8. The van der Waals surface area contributed by atoms with Crippen LogP contribution in [0.15, 0.2) is 18.2 Å². The molecule has 1 aromatic rings. The number of aldehydes is 1. The van der Waals surface area contributed by atoms with Crippen LogP contribution in [0.25, 0.3) is 0 Å². The molecule has 0 spiro atoms. The fourth-order valence-electron chi connectivity index (χ4n) is 1.76. The van der Waals surface area contributed by atoms with Crippen molar-refractivity contribution in [1.82, 2.24) is 5.32 Å². The molecule has 0 unspecified atom stereocenters. The molecule has 0 saturated carbocycles. The average molecular weight is 423 g/mol. The van der Waals surface area contributed by atoms with Crippen LogP contribution in [-0.2, 0) is 16.0 Å². The first-order valence-electron chi connectivity index (χ1n) is 6.63. The maximum Gasteiger partial charge on any atom is 0.408 e. The molecule has 1 rings (SSSR count). The summed E-state index contributed by atoms with van der Waals surface area (Å²) < 4.78 is 19.7. The summed E-state index contributed by atoms with van der Waals surface area (Å²) in [5, 5.41) is 11.8. The number of benzene rings is 1. The Morgan fingerprint density at radius 2 is 2.09 bits per heavy atom. The normalized spacial score (nSPS) is 14.1. The van der Waals surface area contributed by atoms with Gasteiger partial charge in [-0.2, -0.15) is 0 Å². The summed E-state index contributed by atoms with van der Waals surface area (Å²) in [5.74, 6) is -0.502. The third-order valence-corrected chi connectivity index (χ3v) is 3.45. The molecule has 0 saturated heterocycles. The number of aliphatic hydroxyl groups excluding tert-OH is 1. The van der Waals surface area contributed by atoms with E-state index in [1.54, 1.807) is 26.8 Å². The van der Waals surface area contributed by atoms with Crippen LogP contribution in [0.2, 0.25) is 0 Å². The van der Waals surface area contributed by atoms with Crippen LogP contribution < -0.4 is 5.32 Å². The summed E-state index contributed by atoms with van der Waals surface area (Å²) in [7, 11) is 0. The SMILES string of the molecule is CC(C)(C)OC(=O)N[C@@](C=O)(CO)Cc1ccc(I)cc1F. The number of carbonyl (C=O) groups is 2. The van der Waals surface area contributed by atoms with Crippen molar-refractivity contribution in [1.29, 1.82) is 0 Å². The van der Waals surface area contributed by atoms with E-state index in [0.29, 0.717) is 9.86 Å². The van der Waals surface area contributed by atoms with E-state index in [9.17, 15) is 19.1 Å². The fraction of sp³-hybridized carbons (Fsp3) is 0.467. The first-order chi connectivity index (χ1) is 10.1. The second-order valence-corrected chi connectivity index (χ2v) is 7.22. The van der Waals surface area contributed by atoms with Gasteiger partial charge in [-0.25, -0.2) is 9.18 Å². The summed E-state index contributed by atoms with van der Waals surface area (Å²) in [6.07, 6.45) is -0.622. The summed E-state index contributed by atoms with van der Waals surface area (Å²) in [5.41, 5.74) is -2.16. The van der Waals surface area contributed by atoms with Gasteiger partial charge in [-0.05, 0) is 61.1 Å². The maximum atomic E-state index is 13.9. The van der Waals surface area contributed by atoms with Crippen molar-refractivity contribution in [2.24, 2.45) is 0 Å². The first-order valence-corrected chi connectivity index (χ1v) is 7.71. The number of nitrogens with one attached hydrogen (secondary N) is 1. The molecular weight excluding hydrogens is 404 g/mol. The molecule has 0 aliphatic carbocycles. The molecule has 2 N–H and O–H groups in total. The van der Waals surface area contributed by atoms with Gasteiger partial charge in [0, 0.05) is 9.99 Å². The molecule has 0 heterocycles. The van der Waals surface area contributed by atoms with Crippen LogP contribution in [-0.4, -0.2) is 35.2 Å². The van der Waals surface area contributed by atoms with Crippen LogP contribution in [0.3, 0.4) is 0 Å². The van der Waals surface area contributed by atoms with Gasteiger partial charge in [0.15, 0.2) is 0 Å². The highest BCUT2D eigenvalue weighted by Crippen LogP contribution is 2.18. The van der Waals surface area contributed by atoms with Crippen LogP contribution in [0.5, 0.6) is 0 Å². The smallest absolute Gasteiger partial charge is 0.408 e. The Kier molecular flexibility index (Phi) is 6.30. The van der Waals surface area contributed by atoms with E-state index in [0.717, 1.165) is 0 Å². The number of hydrogen-bond acceptors (Lipinski definition) is 4. The van der Waals surface area contributed by atoms with Crippen molar-refractivity contribution in [2.45, 2.75) is 38.3 Å². The number of alkyl carbamates (subject to hydrolysis) is 1. The molecule has 1 amide bonds. The van der Waals surface area contributed by atoms with E-state index in [1.807, 2.05) is 22.6 Å². The number of carbonyl (C=O) groups excluding carboxylic acids is 2. The Hall–Kier alpha value is -1.22. The topological polar surface area (TPSA) is 75.6 Å². The van der Waals surface area contributed by atoms with Gasteiger partial charge in [0.2, 0.25) is 0 Å². The monoisotopic (exact) mass is 423 g/mol. The summed E-state index contributed by atoms with van der Waals surface area (Å²) in [6, 6.07) is 4.51. The van der Waals surface area contributed by atoms with Crippen molar-refractivity contribution in [3.63, 3.8) is 0 Å². The number of amides is 1. The van der Waals surface area contributed by atoms with Gasteiger partial charge in [0.25, 0.3) is 0 Å². The molecular formula is C15H19FINO4. The zero-order valence-electron chi connectivity index (χ0n) is 12.7. The van der Waals surface area contributed by atoms with Crippen LogP contribution >= 0.6 is 22.6 Å². The maximum absolute atomic E-state index is 13.9. The Morgan fingerprint density at radius 3 is 2.55 bits per heavy atom. The molecule has 0 radical (unpaired) electrons. The Morgan fingerprint density at radius 1 is 1.45 bits per heavy atom. The lowest BCUT2D eigenvalue weighted by Gasteiger charge is -2.29. The minimum absolute atomic E-state index is 0.172. The highest BCUT2D eigenvalue weighted by molar-refractivity contribution is 14.1. The molecule has 22 heavy (non-hydrogen) atoms. The van der Waals surface area contributed by atoms with Crippen molar-refractivity contribution in [3.8, 4) is 0 Å². The van der Waals surface area contributed by atoms with Crippen LogP contribution in [0.1, 0.15) is 26.3 Å². The number of ether oxygens (including phenoxy) is 1. The van der Waals surface area contributed by atoms with Crippen molar-refractivity contribution >= 4 is 35.0 Å². The highest BCUT2D eigenvalue weighted by Gasteiger charge is 2.34. The molecule has 7 heteroatoms. The molecule has 1 atom stereocenters. The average Bonchev–Trinajstić information content (AvgIpc) is 2.38. The number of halogens is 2. The molecule has 0 aliphatic heterocycles. The van der Waals surface area contributed by atoms with E-state index in [1.165, 1.54) is 12.1 Å². The van der Waals surface area contributed by atoms with Crippen molar-refractivity contribution < 1.29 is 23.8 Å². The van der Waals surface area contributed by atoms with Gasteiger partial charge in [-0.15, -0.1) is 0 Å². The summed E-state index contributed by atoms with van der Waals surface area (Å²) in [6.45, 7) is 4.36. The largest absolute Gasteiger partial charge is 0.444 e. The quantitative estimate of drug-likeness (QED) is 0.564. The van der Waals surface area contributed by atoms with Crippen molar-refractivity contribution in [3.05, 3.63) is 33.1 Å². The van der Waals surface area contributed by atoms with Gasteiger partial charge in [0.05, 0.1) is 6.61 Å². The van der Waals surface area contributed by atoms with Gasteiger partial charge < -0.3 is 20.0 Å². The minimum atomic E-state index is -1.63. The minimum Gasteiger partial charge on any atom is -0.444 e. The van der Waals surface area contributed by atoms with Gasteiger partial charge in [-0.1, -0.05) is 6.07 Å². The van der Waals surface area contributed by atoms with Crippen LogP contribution in [0.4, 0.5) is 9.18 Å². The van der Waals surface area contributed by atoms with Crippen LogP contribution in [0, 0.1) is 9.39 Å². The molecule has 0 fully saturated rings. The Bertz CT molecular complexity index is 559. The predicted octanol–water partition coefficient (Wildman–Crippen LogP) is 2.43. The summed E-state index contributed by atoms with van der Waals surface area (Å²) >= 11 is 1.96. The van der Waals surface area contributed by atoms with E-state index in [4.69, 9.17) is 4.74 Å². The lowest BCUT2D eigenvalue weighted by atomic mass is 9.93. The highest BCUT2D eigenvalue weighted by atomic mass is 127. The summed E-state index contributed by atoms with van der Waals surface area (Å²) in [4.78, 5) is 23.2. The molecule has 122 valence electrons. The number of rotatable bonds is 5. The standard InChI is InChI=1S/C15H19FINO4/c1-14(2,3)22-13(21)18-15(8-19,9-20)7-10-4-5-11(17)6-12(10)16/h4-6,8,20H,7,9H2,1-3H3,(H,18,21)/t15-/m0/s1. The van der Waals surface area contributed by atoms with Gasteiger partial charge in [0.1, 0.15) is 23.2 Å².